The quantitative estimate of drug-likeness (QED) is 0.866. The third-order valence-corrected chi connectivity index (χ3v) is 7.02. The third-order valence-electron chi connectivity index (χ3n) is 5.10. The van der Waals surface area contributed by atoms with E-state index in [0.717, 1.165) is 25.1 Å². The van der Waals surface area contributed by atoms with Crippen molar-refractivity contribution >= 4 is 22.6 Å². The van der Waals surface area contributed by atoms with E-state index in [9.17, 15) is 8.42 Å². The van der Waals surface area contributed by atoms with Crippen molar-refractivity contribution in [3.8, 4) is 0 Å². The summed E-state index contributed by atoms with van der Waals surface area (Å²) in [5.41, 5.74) is 2.43. The van der Waals surface area contributed by atoms with Crippen LogP contribution in [0, 0.1) is 11.8 Å². The van der Waals surface area contributed by atoms with Crippen LogP contribution < -0.4 is 5.32 Å². The van der Waals surface area contributed by atoms with E-state index in [0.29, 0.717) is 38.0 Å². The molecule has 22 heavy (non-hydrogen) atoms. The minimum atomic E-state index is -3.31. The Hall–Kier alpha value is -0.660. The van der Waals surface area contributed by atoms with Crippen LogP contribution in [0.5, 0.6) is 0 Å². The predicted molar refractivity (Wildman–Crippen MR) is 88.1 cm³/mol. The van der Waals surface area contributed by atoms with Crippen molar-refractivity contribution in [2.24, 2.45) is 11.8 Å². The highest BCUT2D eigenvalue weighted by atomic mass is 35.5. The van der Waals surface area contributed by atoms with Crippen molar-refractivity contribution in [3.63, 3.8) is 0 Å². The lowest BCUT2D eigenvalue weighted by molar-refractivity contribution is 0.338. The van der Waals surface area contributed by atoms with Crippen LogP contribution >= 0.6 is 12.4 Å². The second-order valence-corrected chi connectivity index (χ2v) is 8.28. The summed E-state index contributed by atoms with van der Waals surface area (Å²) in [7, 11) is -3.31. The third kappa shape index (κ3) is 2.67. The molecular weight excluding hydrogens is 322 g/mol. The summed E-state index contributed by atoms with van der Waals surface area (Å²) in [6.07, 6.45) is 0.817. The molecule has 1 N–H and O–H groups in total. The van der Waals surface area contributed by atoms with Gasteiger partial charge in [-0.2, -0.15) is 17.0 Å². The summed E-state index contributed by atoms with van der Waals surface area (Å²) in [6.45, 7) is 4.39. The van der Waals surface area contributed by atoms with Gasteiger partial charge in [0.1, 0.15) is 0 Å². The fourth-order valence-electron chi connectivity index (χ4n) is 3.83. The molecule has 4 rings (SSSR count). The first-order valence-corrected chi connectivity index (χ1v) is 9.07. The maximum absolute atomic E-state index is 12.9. The number of benzene rings is 1. The van der Waals surface area contributed by atoms with E-state index in [1.54, 1.807) is 8.61 Å². The van der Waals surface area contributed by atoms with Gasteiger partial charge in [0.25, 0.3) is 10.2 Å². The van der Waals surface area contributed by atoms with Crippen molar-refractivity contribution in [2.45, 2.75) is 13.0 Å². The van der Waals surface area contributed by atoms with Crippen LogP contribution in [0.25, 0.3) is 0 Å². The number of nitrogens with one attached hydrogen (secondary N) is 1. The average Bonchev–Trinajstić information content (AvgIpc) is 3.08. The molecule has 3 aliphatic rings. The first kappa shape index (κ1) is 16.2. The summed E-state index contributed by atoms with van der Waals surface area (Å²) in [4.78, 5) is 0. The second-order valence-electron chi connectivity index (χ2n) is 6.36. The molecule has 2 fully saturated rings. The van der Waals surface area contributed by atoms with Gasteiger partial charge in [-0.3, -0.25) is 0 Å². The molecule has 0 aliphatic carbocycles. The van der Waals surface area contributed by atoms with E-state index < -0.39 is 10.2 Å². The monoisotopic (exact) mass is 343 g/mol. The topological polar surface area (TPSA) is 52.7 Å². The number of fused-ring (bicyclic) bond motifs is 2. The number of nitrogens with zero attached hydrogens (tertiary/aromatic N) is 2. The van der Waals surface area contributed by atoms with Gasteiger partial charge in [0.2, 0.25) is 0 Å². The van der Waals surface area contributed by atoms with Crippen LogP contribution in [0.4, 0.5) is 0 Å². The summed E-state index contributed by atoms with van der Waals surface area (Å²) in [5.74, 6) is 0.994. The molecule has 122 valence electrons. The number of rotatable bonds is 2. The molecule has 0 bridgehead atoms. The fourth-order valence-corrected chi connectivity index (χ4v) is 5.54. The van der Waals surface area contributed by atoms with Crippen molar-refractivity contribution < 1.29 is 8.42 Å². The van der Waals surface area contributed by atoms with E-state index in [1.807, 2.05) is 18.2 Å². The van der Waals surface area contributed by atoms with E-state index in [-0.39, 0.29) is 12.4 Å². The molecule has 1 aromatic rings. The molecule has 0 spiro atoms. The Morgan fingerprint density at radius 1 is 1.00 bits per heavy atom. The highest BCUT2D eigenvalue weighted by Crippen LogP contribution is 2.31. The Balaban J connectivity index is 0.00000144. The van der Waals surface area contributed by atoms with E-state index in [2.05, 4.69) is 11.4 Å². The molecule has 7 heteroatoms. The van der Waals surface area contributed by atoms with Crippen molar-refractivity contribution in [2.75, 3.05) is 32.7 Å². The van der Waals surface area contributed by atoms with E-state index >= 15 is 0 Å². The molecule has 0 saturated carbocycles. The molecule has 3 aliphatic heterocycles. The van der Waals surface area contributed by atoms with E-state index in [1.165, 1.54) is 5.56 Å². The molecular formula is C15H22ClN3O2S. The highest BCUT2D eigenvalue weighted by Gasteiger charge is 2.43. The first-order chi connectivity index (χ1) is 10.1. The van der Waals surface area contributed by atoms with Gasteiger partial charge in [-0.05, 0) is 42.5 Å². The van der Waals surface area contributed by atoms with Gasteiger partial charge >= 0.3 is 0 Å². The van der Waals surface area contributed by atoms with Gasteiger partial charge in [0, 0.05) is 26.2 Å². The number of halogens is 1. The van der Waals surface area contributed by atoms with Crippen LogP contribution in [0.3, 0.4) is 0 Å². The van der Waals surface area contributed by atoms with Crippen LogP contribution in [-0.4, -0.2) is 49.8 Å². The average molecular weight is 344 g/mol. The van der Waals surface area contributed by atoms with Gasteiger partial charge in [0.15, 0.2) is 0 Å². The van der Waals surface area contributed by atoms with Crippen molar-refractivity contribution in [1.82, 2.24) is 13.9 Å². The molecule has 1 aromatic carbocycles. The zero-order valence-corrected chi connectivity index (χ0v) is 14.1. The summed E-state index contributed by atoms with van der Waals surface area (Å²) < 4.78 is 29.1. The molecule has 0 radical (unpaired) electrons. The second kappa shape index (κ2) is 6.09. The largest absolute Gasteiger partial charge is 0.316 e. The molecule has 0 amide bonds. The molecule has 2 saturated heterocycles. The van der Waals surface area contributed by atoms with Gasteiger partial charge < -0.3 is 5.32 Å². The minimum Gasteiger partial charge on any atom is -0.316 e. The molecule has 3 heterocycles. The van der Waals surface area contributed by atoms with Crippen molar-refractivity contribution in [1.29, 1.82) is 0 Å². The highest BCUT2D eigenvalue weighted by molar-refractivity contribution is 7.86. The van der Waals surface area contributed by atoms with E-state index in [4.69, 9.17) is 0 Å². The maximum Gasteiger partial charge on any atom is 0.282 e. The van der Waals surface area contributed by atoms with Gasteiger partial charge in [0.05, 0.1) is 0 Å². The number of hydrogen-bond donors (Lipinski definition) is 1. The predicted octanol–water partition coefficient (Wildman–Crippen LogP) is 0.863. The minimum absolute atomic E-state index is 0. The number of hydrogen-bond acceptors (Lipinski definition) is 3. The molecule has 2 atom stereocenters. The summed E-state index contributed by atoms with van der Waals surface area (Å²) >= 11 is 0. The lowest BCUT2D eigenvalue weighted by Crippen LogP contribution is -2.45. The van der Waals surface area contributed by atoms with Gasteiger partial charge in [-0.15, -0.1) is 12.4 Å². The lowest BCUT2D eigenvalue weighted by atomic mass is 10.0. The van der Waals surface area contributed by atoms with Crippen LogP contribution in [0.1, 0.15) is 11.1 Å². The SMILES string of the molecule is Cl.O=S(=O)(N1CCc2ccccc2C1)N1C[C@H]2CNC[C@H]2C1. The van der Waals surface area contributed by atoms with Crippen LogP contribution in [-0.2, 0) is 23.2 Å². The summed E-state index contributed by atoms with van der Waals surface area (Å²) in [6, 6.07) is 8.16. The first-order valence-electron chi connectivity index (χ1n) is 7.67. The Labute approximate surface area is 138 Å². The zero-order chi connectivity index (χ0) is 14.4. The van der Waals surface area contributed by atoms with Gasteiger partial charge in [-0.25, -0.2) is 0 Å². The van der Waals surface area contributed by atoms with Gasteiger partial charge in [-0.1, -0.05) is 24.3 Å². The van der Waals surface area contributed by atoms with Crippen molar-refractivity contribution in [3.05, 3.63) is 35.4 Å². The molecule has 0 aromatic heterocycles. The Morgan fingerprint density at radius 3 is 2.32 bits per heavy atom. The zero-order valence-electron chi connectivity index (χ0n) is 12.4. The van der Waals surface area contributed by atoms with Crippen LogP contribution in [0.2, 0.25) is 0 Å². The standard InChI is InChI=1S/C15H21N3O2S.ClH/c19-21(20,18-10-14-7-16-8-15(14)11-18)17-6-5-12-3-1-2-4-13(12)9-17;/h1-4,14-16H,5-11H2;1H/t14-,15+;. The Morgan fingerprint density at radius 2 is 1.64 bits per heavy atom. The Bertz CT molecular complexity index is 640. The molecule has 5 nitrogen and oxygen atoms in total. The smallest absolute Gasteiger partial charge is 0.282 e. The Kier molecular flexibility index (Phi) is 4.49. The maximum atomic E-state index is 12.9. The summed E-state index contributed by atoms with van der Waals surface area (Å²) in [5, 5.41) is 3.35. The lowest BCUT2D eigenvalue weighted by Gasteiger charge is -2.31. The normalized spacial score (nSPS) is 28.9. The fraction of sp³-hybridized carbons (Fsp3) is 0.600. The molecule has 0 unspecified atom stereocenters. The van der Waals surface area contributed by atoms with Crippen LogP contribution in [0.15, 0.2) is 24.3 Å².